The number of rotatable bonds is 4. The van der Waals surface area contributed by atoms with Gasteiger partial charge in [0.2, 0.25) is 5.91 Å². The van der Waals surface area contributed by atoms with Gasteiger partial charge in [-0.2, -0.15) is 0 Å². The van der Waals surface area contributed by atoms with Crippen molar-refractivity contribution in [2.24, 2.45) is 0 Å². The van der Waals surface area contributed by atoms with Gasteiger partial charge in [-0.3, -0.25) is 15.0 Å². The number of carbonyl (C=O) groups excluding carboxylic acids is 1. The Morgan fingerprint density at radius 3 is 2.69 bits per heavy atom. The van der Waals surface area contributed by atoms with Crippen molar-refractivity contribution >= 4 is 29.3 Å². The Labute approximate surface area is 163 Å². The second-order valence-corrected chi connectivity index (χ2v) is 8.32. The molecule has 4 nitrogen and oxygen atoms in total. The molecule has 0 radical (unpaired) electrons. The van der Waals surface area contributed by atoms with E-state index >= 15 is 0 Å². The van der Waals surface area contributed by atoms with Crippen molar-refractivity contribution < 1.29 is 4.79 Å². The van der Waals surface area contributed by atoms with E-state index < -0.39 is 0 Å². The van der Waals surface area contributed by atoms with Crippen molar-refractivity contribution in [1.29, 1.82) is 0 Å². The molecule has 0 bridgehead atoms. The zero-order valence-corrected chi connectivity index (χ0v) is 16.0. The smallest absolute Gasteiger partial charge is 0.223 e. The molecular formula is C20H22ClN3OS. The summed E-state index contributed by atoms with van der Waals surface area (Å²) in [7, 11) is 0. The van der Waals surface area contributed by atoms with E-state index in [0.717, 1.165) is 30.3 Å². The topological polar surface area (TPSA) is 44.4 Å². The molecule has 2 atom stereocenters. The van der Waals surface area contributed by atoms with E-state index in [2.05, 4.69) is 39.8 Å². The molecule has 4 rings (SSSR count). The largest absolute Gasteiger partial charge is 0.328 e. The molecule has 2 N–H and O–H groups in total. The van der Waals surface area contributed by atoms with Crippen LogP contribution in [0.5, 0.6) is 0 Å². The third-order valence-electron chi connectivity index (χ3n) is 4.91. The molecule has 136 valence electrons. The maximum absolute atomic E-state index is 12.2. The van der Waals surface area contributed by atoms with E-state index in [4.69, 9.17) is 11.6 Å². The normalized spacial score (nSPS) is 23.3. The molecule has 1 amide bonds. The molecule has 2 aromatic carbocycles. The highest BCUT2D eigenvalue weighted by atomic mass is 35.5. The van der Waals surface area contributed by atoms with Gasteiger partial charge in [0.15, 0.2) is 0 Å². The number of thioether (sulfide) groups is 1. The first-order chi connectivity index (χ1) is 12.7. The number of nitrogens with one attached hydrogen (secondary N) is 2. The molecule has 1 saturated heterocycles. The SMILES string of the molecule is O=C1CC(CSc2ccc(Cl)cc2)NC(N2CCc3ccccc3C2)N1. The number of hydrogen-bond donors (Lipinski definition) is 2. The Balaban J connectivity index is 1.37. The quantitative estimate of drug-likeness (QED) is 0.790. The molecule has 2 aliphatic rings. The Kier molecular flexibility index (Phi) is 5.50. The highest BCUT2D eigenvalue weighted by Crippen LogP contribution is 2.24. The number of hydrogen-bond acceptors (Lipinski definition) is 4. The van der Waals surface area contributed by atoms with Crippen molar-refractivity contribution in [3.63, 3.8) is 0 Å². The number of halogens is 1. The van der Waals surface area contributed by atoms with Gasteiger partial charge in [0, 0.05) is 41.2 Å². The summed E-state index contributed by atoms with van der Waals surface area (Å²) in [6.45, 7) is 1.82. The van der Waals surface area contributed by atoms with Gasteiger partial charge >= 0.3 is 0 Å². The number of nitrogens with zero attached hydrogens (tertiary/aromatic N) is 1. The molecule has 0 spiro atoms. The molecular weight excluding hydrogens is 366 g/mol. The van der Waals surface area contributed by atoms with Crippen LogP contribution in [0.3, 0.4) is 0 Å². The first kappa shape index (κ1) is 17.9. The molecule has 6 heteroatoms. The summed E-state index contributed by atoms with van der Waals surface area (Å²) < 4.78 is 0. The summed E-state index contributed by atoms with van der Waals surface area (Å²) in [6.07, 6.45) is 1.44. The number of benzene rings is 2. The monoisotopic (exact) mass is 387 g/mol. The van der Waals surface area contributed by atoms with Crippen LogP contribution in [0.2, 0.25) is 5.02 Å². The first-order valence-corrected chi connectivity index (χ1v) is 10.3. The van der Waals surface area contributed by atoms with Gasteiger partial charge in [-0.25, -0.2) is 0 Å². The van der Waals surface area contributed by atoms with E-state index in [1.54, 1.807) is 11.8 Å². The van der Waals surface area contributed by atoms with Crippen LogP contribution >= 0.6 is 23.4 Å². The van der Waals surface area contributed by atoms with Crippen LogP contribution in [0.4, 0.5) is 0 Å². The number of carbonyl (C=O) groups is 1. The van der Waals surface area contributed by atoms with E-state index in [1.165, 1.54) is 16.0 Å². The molecule has 0 aromatic heterocycles. The lowest BCUT2D eigenvalue weighted by Gasteiger charge is -2.40. The predicted molar refractivity (Wildman–Crippen MR) is 106 cm³/mol. The van der Waals surface area contributed by atoms with Gasteiger partial charge in [0.1, 0.15) is 6.29 Å². The van der Waals surface area contributed by atoms with Crippen LogP contribution in [-0.2, 0) is 17.8 Å². The van der Waals surface area contributed by atoms with Gasteiger partial charge in [0.05, 0.1) is 0 Å². The van der Waals surface area contributed by atoms with E-state index in [1.807, 2.05) is 24.3 Å². The number of fused-ring (bicyclic) bond motifs is 1. The van der Waals surface area contributed by atoms with Crippen molar-refractivity contribution in [2.45, 2.75) is 36.6 Å². The van der Waals surface area contributed by atoms with Crippen molar-refractivity contribution in [1.82, 2.24) is 15.5 Å². The highest BCUT2D eigenvalue weighted by Gasteiger charge is 2.31. The summed E-state index contributed by atoms with van der Waals surface area (Å²) in [5, 5.41) is 7.46. The fraction of sp³-hybridized carbons (Fsp3) is 0.350. The molecule has 26 heavy (non-hydrogen) atoms. The molecule has 2 heterocycles. The lowest BCUT2D eigenvalue weighted by Crippen LogP contribution is -2.64. The maximum atomic E-state index is 12.2. The van der Waals surface area contributed by atoms with Gasteiger partial charge < -0.3 is 5.32 Å². The fourth-order valence-corrected chi connectivity index (χ4v) is 4.59. The zero-order chi connectivity index (χ0) is 17.9. The van der Waals surface area contributed by atoms with E-state index in [-0.39, 0.29) is 18.2 Å². The molecule has 2 aromatic rings. The van der Waals surface area contributed by atoms with Crippen LogP contribution in [-0.4, -0.2) is 35.4 Å². The van der Waals surface area contributed by atoms with Gasteiger partial charge in [-0.1, -0.05) is 35.9 Å². The van der Waals surface area contributed by atoms with Crippen molar-refractivity contribution in [3.05, 3.63) is 64.7 Å². The fourth-order valence-electron chi connectivity index (χ4n) is 3.53. The zero-order valence-electron chi connectivity index (χ0n) is 14.5. The Bertz CT molecular complexity index is 783. The minimum Gasteiger partial charge on any atom is -0.328 e. The average molecular weight is 388 g/mol. The van der Waals surface area contributed by atoms with Gasteiger partial charge in [-0.05, 0) is 41.8 Å². The maximum Gasteiger partial charge on any atom is 0.223 e. The minimum absolute atomic E-state index is 0.0968. The van der Waals surface area contributed by atoms with E-state index in [9.17, 15) is 4.79 Å². The Hall–Kier alpha value is -1.53. The molecule has 1 fully saturated rings. The third kappa shape index (κ3) is 4.23. The second kappa shape index (κ2) is 8.01. The standard InChI is InChI=1S/C20H22ClN3OS/c21-16-5-7-18(8-6-16)26-13-17-11-19(25)23-20(22-17)24-10-9-14-3-1-2-4-15(14)12-24/h1-8,17,20,22H,9-13H2,(H,23,25). The predicted octanol–water partition coefficient (Wildman–Crippen LogP) is 3.25. The summed E-state index contributed by atoms with van der Waals surface area (Å²) in [4.78, 5) is 15.7. The summed E-state index contributed by atoms with van der Waals surface area (Å²) >= 11 is 7.70. The van der Waals surface area contributed by atoms with Crippen LogP contribution in [0.1, 0.15) is 17.5 Å². The Morgan fingerprint density at radius 1 is 1.12 bits per heavy atom. The molecule has 0 saturated carbocycles. The summed E-state index contributed by atoms with van der Waals surface area (Å²) in [5.41, 5.74) is 2.77. The second-order valence-electron chi connectivity index (χ2n) is 6.79. The summed E-state index contributed by atoms with van der Waals surface area (Å²) in [5.74, 6) is 0.977. The van der Waals surface area contributed by atoms with Crippen LogP contribution < -0.4 is 10.6 Å². The van der Waals surface area contributed by atoms with Crippen molar-refractivity contribution in [2.75, 3.05) is 12.3 Å². The Morgan fingerprint density at radius 2 is 1.88 bits per heavy atom. The van der Waals surface area contributed by atoms with Crippen LogP contribution in [0.25, 0.3) is 0 Å². The number of amides is 1. The van der Waals surface area contributed by atoms with Crippen LogP contribution in [0.15, 0.2) is 53.4 Å². The average Bonchev–Trinajstić information content (AvgIpc) is 2.67. The summed E-state index contributed by atoms with van der Waals surface area (Å²) in [6, 6.07) is 16.6. The van der Waals surface area contributed by atoms with E-state index in [0.29, 0.717) is 6.42 Å². The van der Waals surface area contributed by atoms with Gasteiger partial charge in [-0.15, -0.1) is 11.8 Å². The first-order valence-electron chi connectivity index (χ1n) is 8.92. The van der Waals surface area contributed by atoms with Gasteiger partial charge in [0.25, 0.3) is 0 Å². The van der Waals surface area contributed by atoms with Crippen LogP contribution in [0, 0.1) is 0 Å². The lowest BCUT2D eigenvalue weighted by atomic mass is 10.00. The molecule has 2 aliphatic heterocycles. The molecule has 2 unspecified atom stereocenters. The lowest BCUT2D eigenvalue weighted by molar-refractivity contribution is -0.126. The highest BCUT2D eigenvalue weighted by molar-refractivity contribution is 7.99. The third-order valence-corrected chi connectivity index (χ3v) is 6.34. The van der Waals surface area contributed by atoms with Crippen molar-refractivity contribution in [3.8, 4) is 0 Å². The minimum atomic E-state index is -0.0968. The molecule has 0 aliphatic carbocycles.